The summed E-state index contributed by atoms with van der Waals surface area (Å²) in [6.07, 6.45) is 2.57. The lowest BCUT2D eigenvalue weighted by atomic mass is 10.2. The van der Waals surface area contributed by atoms with Crippen molar-refractivity contribution in [2.45, 2.75) is 0 Å². The van der Waals surface area contributed by atoms with Crippen LogP contribution in [-0.4, -0.2) is 39.8 Å². The number of carbonyl (C=O) groups excluding carboxylic acids is 3. The van der Waals surface area contributed by atoms with Crippen LogP contribution in [0.25, 0.3) is 0 Å². The zero-order chi connectivity index (χ0) is 20.1. The Morgan fingerprint density at radius 1 is 1.04 bits per heavy atom. The van der Waals surface area contributed by atoms with Crippen LogP contribution in [0.1, 0.15) is 31.3 Å². The van der Waals surface area contributed by atoms with E-state index in [-0.39, 0.29) is 17.2 Å². The molecule has 0 radical (unpaired) electrons. The third-order valence-corrected chi connectivity index (χ3v) is 3.96. The third kappa shape index (κ3) is 4.15. The molecule has 2 aromatic heterocycles. The number of methoxy groups -OCH3 is 1. The van der Waals surface area contributed by atoms with Gasteiger partial charge in [0.05, 0.1) is 35.9 Å². The second kappa shape index (κ2) is 8.31. The van der Waals surface area contributed by atoms with Crippen LogP contribution in [0.2, 0.25) is 5.02 Å². The average Bonchev–Trinajstić information content (AvgIpc) is 3.19. The van der Waals surface area contributed by atoms with E-state index in [1.54, 1.807) is 30.3 Å². The number of imidazole rings is 1. The highest BCUT2D eigenvalue weighted by molar-refractivity contribution is 6.34. The molecule has 28 heavy (non-hydrogen) atoms. The van der Waals surface area contributed by atoms with Gasteiger partial charge in [-0.05, 0) is 24.3 Å². The van der Waals surface area contributed by atoms with Crippen molar-refractivity contribution in [3.63, 3.8) is 0 Å². The number of carbonyl (C=O) groups is 3. The lowest BCUT2D eigenvalue weighted by Crippen LogP contribution is -2.17. The molecule has 0 atom stereocenters. The summed E-state index contributed by atoms with van der Waals surface area (Å²) < 4.78 is 4.57. The number of halogens is 1. The molecule has 2 heterocycles. The molecule has 10 heteroatoms. The van der Waals surface area contributed by atoms with Gasteiger partial charge in [0.2, 0.25) is 0 Å². The zero-order valence-corrected chi connectivity index (χ0v) is 15.3. The second-order valence-corrected chi connectivity index (χ2v) is 5.85. The lowest BCUT2D eigenvalue weighted by Gasteiger charge is -2.08. The normalized spacial score (nSPS) is 10.2. The third-order valence-electron chi connectivity index (χ3n) is 3.63. The van der Waals surface area contributed by atoms with E-state index in [0.29, 0.717) is 16.3 Å². The first-order chi connectivity index (χ1) is 13.5. The molecule has 0 saturated heterocycles. The fourth-order valence-corrected chi connectivity index (χ4v) is 2.50. The molecular weight excluding hydrogens is 386 g/mol. The summed E-state index contributed by atoms with van der Waals surface area (Å²) in [6.45, 7) is 0. The smallest absolute Gasteiger partial charge is 0.359 e. The number of ether oxygens (including phenoxy) is 1. The Morgan fingerprint density at radius 2 is 1.82 bits per heavy atom. The van der Waals surface area contributed by atoms with E-state index < -0.39 is 17.8 Å². The minimum absolute atomic E-state index is 0.0389. The van der Waals surface area contributed by atoms with Crippen molar-refractivity contribution < 1.29 is 19.1 Å². The predicted molar refractivity (Wildman–Crippen MR) is 102 cm³/mol. The maximum atomic E-state index is 12.3. The highest BCUT2D eigenvalue weighted by Gasteiger charge is 2.21. The fourth-order valence-electron chi connectivity index (χ4n) is 2.28. The Labute approximate surface area is 164 Å². The Bertz CT molecular complexity index is 1030. The van der Waals surface area contributed by atoms with Crippen LogP contribution >= 0.6 is 11.6 Å². The van der Waals surface area contributed by atoms with Gasteiger partial charge in [0.25, 0.3) is 11.8 Å². The van der Waals surface area contributed by atoms with E-state index in [0.717, 1.165) is 0 Å². The maximum absolute atomic E-state index is 12.3. The van der Waals surface area contributed by atoms with Crippen molar-refractivity contribution in [3.8, 4) is 0 Å². The first-order valence-electron chi connectivity index (χ1n) is 7.94. The summed E-state index contributed by atoms with van der Waals surface area (Å²) in [6, 6.07) is 9.68. The summed E-state index contributed by atoms with van der Waals surface area (Å²) >= 11 is 5.99. The van der Waals surface area contributed by atoms with E-state index in [9.17, 15) is 14.4 Å². The van der Waals surface area contributed by atoms with Crippen LogP contribution in [0.4, 0.5) is 11.5 Å². The number of nitrogens with zero attached hydrogens (tertiary/aromatic N) is 2. The van der Waals surface area contributed by atoms with Gasteiger partial charge in [-0.15, -0.1) is 0 Å². The van der Waals surface area contributed by atoms with Crippen LogP contribution in [0.15, 0.2) is 48.9 Å². The number of amides is 2. The Morgan fingerprint density at radius 3 is 2.50 bits per heavy atom. The molecule has 1 aromatic carbocycles. The SMILES string of the molecule is COC(=O)c1nc[nH]c1C(=O)Nc1ccc(NC(=O)c2ccccc2Cl)nc1. The summed E-state index contributed by atoms with van der Waals surface area (Å²) in [5.74, 6) is -1.45. The maximum Gasteiger partial charge on any atom is 0.359 e. The molecule has 0 aliphatic carbocycles. The second-order valence-electron chi connectivity index (χ2n) is 5.44. The number of anilines is 2. The number of H-pyrrole nitrogens is 1. The van der Waals surface area contributed by atoms with Gasteiger partial charge in [-0.25, -0.2) is 14.8 Å². The summed E-state index contributed by atoms with van der Waals surface area (Å²) in [5, 5.41) is 5.51. The molecule has 0 saturated carbocycles. The van der Waals surface area contributed by atoms with Crippen molar-refractivity contribution in [2.24, 2.45) is 0 Å². The van der Waals surface area contributed by atoms with Crippen LogP contribution in [0.3, 0.4) is 0 Å². The van der Waals surface area contributed by atoms with E-state index in [2.05, 4.69) is 30.3 Å². The summed E-state index contributed by atoms with van der Waals surface area (Å²) in [5.41, 5.74) is 0.503. The first-order valence-corrected chi connectivity index (χ1v) is 8.32. The number of esters is 1. The number of hydrogen-bond donors (Lipinski definition) is 3. The predicted octanol–water partition coefficient (Wildman–Crippen LogP) is 2.75. The molecule has 2 amide bonds. The van der Waals surface area contributed by atoms with Gasteiger partial charge in [-0.3, -0.25) is 9.59 Å². The monoisotopic (exact) mass is 399 g/mol. The van der Waals surface area contributed by atoms with E-state index in [1.165, 1.54) is 25.7 Å². The van der Waals surface area contributed by atoms with E-state index in [4.69, 9.17) is 11.6 Å². The van der Waals surface area contributed by atoms with Gasteiger partial charge >= 0.3 is 5.97 Å². The standard InChI is InChI=1S/C18H14ClN5O4/c1-28-18(27)15-14(21-9-22-15)17(26)23-10-6-7-13(20-8-10)24-16(25)11-4-2-3-5-12(11)19/h2-9H,1H3,(H,21,22)(H,23,26)(H,20,24,25). The number of hydrogen-bond acceptors (Lipinski definition) is 6. The highest BCUT2D eigenvalue weighted by atomic mass is 35.5. The number of pyridine rings is 1. The number of rotatable bonds is 5. The quantitative estimate of drug-likeness (QED) is 0.566. The molecule has 0 bridgehead atoms. The van der Waals surface area contributed by atoms with Gasteiger partial charge in [0.15, 0.2) is 5.69 Å². The van der Waals surface area contributed by atoms with Crippen molar-refractivity contribution in [2.75, 3.05) is 17.7 Å². The van der Waals surface area contributed by atoms with E-state index in [1.807, 2.05) is 0 Å². The Hall–Kier alpha value is -3.72. The highest BCUT2D eigenvalue weighted by Crippen LogP contribution is 2.17. The van der Waals surface area contributed by atoms with Gasteiger partial charge in [0, 0.05) is 0 Å². The molecular formula is C18H14ClN5O4. The zero-order valence-electron chi connectivity index (χ0n) is 14.5. The first kappa shape index (κ1) is 19.1. The molecule has 0 aliphatic heterocycles. The largest absolute Gasteiger partial charge is 0.464 e. The van der Waals surface area contributed by atoms with Gasteiger partial charge < -0.3 is 20.4 Å². The Kier molecular flexibility index (Phi) is 5.66. The van der Waals surface area contributed by atoms with Crippen LogP contribution in [-0.2, 0) is 4.74 Å². The number of aromatic amines is 1. The average molecular weight is 400 g/mol. The minimum atomic E-state index is -0.734. The van der Waals surface area contributed by atoms with Crippen molar-refractivity contribution in [1.82, 2.24) is 15.0 Å². The molecule has 9 nitrogen and oxygen atoms in total. The summed E-state index contributed by atoms with van der Waals surface area (Å²) in [4.78, 5) is 46.5. The van der Waals surface area contributed by atoms with Gasteiger partial charge in [-0.1, -0.05) is 23.7 Å². The molecule has 0 unspecified atom stereocenters. The van der Waals surface area contributed by atoms with Gasteiger partial charge in [0.1, 0.15) is 11.5 Å². The summed E-state index contributed by atoms with van der Waals surface area (Å²) in [7, 11) is 1.19. The van der Waals surface area contributed by atoms with Crippen LogP contribution in [0.5, 0.6) is 0 Å². The molecule has 0 aliphatic rings. The van der Waals surface area contributed by atoms with Crippen LogP contribution < -0.4 is 10.6 Å². The Balaban J connectivity index is 1.67. The number of aromatic nitrogens is 3. The molecule has 3 N–H and O–H groups in total. The van der Waals surface area contributed by atoms with Gasteiger partial charge in [-0.2, -0.15) is 0 Å². The molecule has 3 rings (SSSR count). The molecule has 0 spiro atoms. The van der Waals surface area contributed by atoms with Crippen molar-refractivity contribution >= 4 is 40.9 Å². The molecule has 3 aromatic rings. The van der Waals surface area contributed by atoms with Crippen molar-refractivity contribution in [1.29, 1.82) is 0 Å². The van der Waals surface area contributed by atoms with Crippen molar-refractivity contribution in [3.05, 3.63) is 70.9 Å². The topological polar surface area (TPSA) is 126 Å². The van der Waals surface area contributed by atoms with E-state index >= 15 is 0 Å². The lowest BCUT2D eigenvalue weighted by molar-refractivity contribution is 0.0591. The minimum Gasteiger partial charge on any atom is -0.464 e. The molecule has 0 fully saturated rings. The fraction of sp³-hybridized carbons (Fsp3) is 0.0556. The van der Waals surface area contributed by atoms with Crippen LogP contribution in [0, 0.1) is 0 Å². The number of benzene rings is 1. The molecule has 142 valence electrons. The number of nitrogens with one attached hydrogen (secondary N) is 3.